The van der Waals surface area contributed by atoms with Crippen LogP contribution in [0.3, 0.4) is 0 Å². The van der Waals surface area contributed by atoms with Gasteiger partial charge in [0.25, 0.3) is 0 Å². The van der Waals surface area contributed by atoms with Crippen LogP contribution in [0.1, 0.15) is 17.2 Å². The lowest BCUT2D eigenvalue weighted by Gasteiger charge is -2.39. The molecule has 1 aliphatic rings. The summed E-state index contributed by atoms with van der Waals surface area (Å²) in [5.74, 6) is -0.242. The molecule has 1 unspecified atom stereocenters. The first-order valence-electron chi connectivity index (χ1n) is 8.05. The topological polar surface area (TPSA) is 32.8 Å². The van der Waals surface area contributed by atoms with Crippen LogP contribution in [-0.4, -0.2) is 42.6 Å². The molecule has 0 radical (unpaired) electrons. The highest BCUT2D eigenvalue weighted by Crippen LogP contribution is 2.26. The van der Waals surface area contributed by atoms with Gasteiger partial charge in [-0.05, 0) is 18.7 Å². The Hall–Kier alpha value is -2.40. The smallest absolute Gasteiger partial charge is 0.410 e. The first-order chi connectivity index (χ1) is 11.6. The molecule has 0 spiro atoms. The van der Waals surface area contributed by atoms with Crippen LogP contribution in [0, 0.1) is 5.82 Å². The molecule has 0 N–H and O–H groups in total. The third-order valence-electron chi connectivity index (χ3n) is 4.38. The Morgan fingerprint density at radius 2 is 1.83 bits per heavy atom. The summed E-state index contributed by atoms with van der Waals surface area (Å²) in [5.41, 5.74) is 1.56. The molecule has 1 aliphatic heterocycles. The number of amides is 1. The van der Waals surface area contributed by atoms with E-state index in [0.717, 1.165) is 5.56 Å². The van der Waals surface area contributed by atoms with Crippen molar-refractivity contribution in [2.75, 3.05) is 26.7 Å². The van der Waals surface area contributed by atoms with Crippen LogP contribution in [0.5, 0.6) is 0 Å². The molecule has 2 aromatic rings. The van der Waals surface area contributed by atoms with Gasteiger partial charge in [0.15, 0.2) is 0 Å². The van der Waals surface area contributed by atoms with Gasteiger partial charge in [0.1, 0.15) is 12.4 Å². The number of hydrogen-bond donors (Lipinski definition) is 0. The molecule has 1 amide bonds. The first kappa shape index (κ1) is 16.5. The molecular weight excluding hydrogens is 307 g/mol. The van der Waals surface area contributed by atoms with E-state index >= 15 is 0 Å². The van der Waals surface area contributed by atoms with Gasteiger partial charge in [0, 0.05) is 25.2 Å². The number of benzene rings is 2. The molecule has 126 valence electrons. The van der Waals surface area contributed by atoms with Crippen molar-refractivity contribution in [1.29, 1.82) is 0 Å². The van der Waals surface area contributed by atoms with Crippen LogP contribution in [0.4, 0.5) is 9.18 Å². The van der Waals surface area contributed by atoms with Crippen molar-refractivity contribution in [1.82, 2.24) is 9.80 Å². The minimum atomic E-state index is -0.353. The van der Waals surface area contributed by atoms with Crippen LogP contribution >= 0.6 is 0 Å². The summed E-state index contributed by atoms with van der Waals surface area (Å²) in [7, 11) is 1.95. The second-order valence-electron chi connectivity index (χ2n) is 6.00. The van der Waals surface area contributed by atoms with Crippen LogP contribution in [-0.2, 0) is 11.3 Å². The van der Waals surface area contributed by atoms with Gasteiger partial charge in [-0.15, -0.1) is 0 Å². The van der Waals surface area contributed by atoms with Crippen molar-refractivity contribution in [3.8, 4) is 0 Å². The van der Waals surface area contributed by atoms with Crippen LogP contribution in [0.15, 0.2) is 54.6 Å². The standard InChI is InChI=1S/C19H21FN2O2/c1-21-11-12-22(13-18(21)16-9-5-6-10-17(16)20)19(23)24-14-15-7-3-2-4-8-15/h2-10,18H,11-14H2,1H3. The van der Waals surface area contributed by atoms with Crippen molar-refractivity contribution in [3.63, 3.8) is 0 Å². The van der Waals surface area contributed by atoms with Gasteiger partial charge in [0.05, 0.1) is 6.04 Å². The van der Waals surface area contributed by atoms with Gasteiger partial charge in [0.2, 0.25) is 0 Å². The maximum absolute atomic E-state index is 14.1. The first-order valence-corrected chi connectivity index (χ1v) is 8.05. The van der Waals surface area contributed by atoms with E-state index in [2.05, 4.69) is 4.90 Å². The van der Waals surface area contributed by atoms with E-state index in [1.54, 1.807) is 17.0 Å². The number of nitrogens with zero attached hydrogens (tertiary/aromatic N) is 2. The van der Waals surface area contributed by atoms with Gasteiger partial charge in [-0.2, -0.15) is 0 Å². The molecule has 3 rings (SSSR count). The molecule has 4 nitrogen and oxygen atoms in total. The van der Waals surface area contributed by atoms with Gasteiger partial charge in [-0.1, -0.05) is 48.5 Å². The zero-order valence-electron chi connectivity index (χ0n) is 13.7. The van der Waals surface area contributed by atoms with Crippen LogP contribution in [0.25, 0.3) is 0 Å². The van der Waals surface area contributed by atoms with E-state index in [1.807, 2.05) is 43.4 Å². The van der Waals surface area contributed by atoms with Crippen molar-refractivity contribution in [2.45, 2.75) is 12.6 Å². The molecule has 0 saturated carbocycles. The predicted octanol–water partition coefficient (Wildman–Crippen LogP) is 3.45. The average molecular weight is 328 g/mol. The quantitative estimate of drug-likeness (QED) is 0.865. The molecule has 0 aliphatic carbocycles. The number of halogens is 1. The Bertz CT molecular complexity index is 693. The average Bonchev–Trinajstić information content (AvgIpc) is 2.62. The zero-order valence-corrected chi connectivity index (χ0v) is 13.7. The molecule has 0 bridgehead atoms. The lowest BCUT2D eigenvalue weighted by atomic mass is 10.0. The van der Waals surface area contributed by atoms with E-state index in [-0.39, 0.29) is 24.6 Å². The molecule has 2 aromatic carbocycles. The predicted molar refractivity (Wildman–Crippen MR) is 90.0 cm³/mol. The van der Waals surface area contributed by atoms with E-state index in [0.29, 0.717) is 25.2 Å². The second-order valence-corrected chi connectivity index (χ2v) is 6.00. The van der Waals surface area contributed by atoms with Gasteiger partial charge < -0.3 is 9.64 Å². The third kappa shape index (κ3) is 3.74. The fourth-order valence-corrected chi connectivity index (χ4v) is 2.93. The van der Waals surface area contributed by atoms with Gasteiger partial charge in [-0.3, -0.25) is 4.90 Å². The highest BCUT2D eigenvalue weighted by atomic mass is 19.1. The molecule has 24 heavy (non-hydrogen) atoms. The molecule has 5 heteroatoms. The van der Waals surface area contributed by atoms with Crippen LogP contribution < -0.4 is 0 Å². The summed E-state index contributed by atoms with van der Waals surface area (Å²) in [6, 6.07) is 16.1. The van der Waals surface area contributed by atoms with Crippen LogP contribution in [0.2, 0.25) is 0 Å². The maximum Gasteiger partial charge on any atom is 0.410 e. The summed E-state index contributed by atoms with van der Waals surface area (Å²) >= 11 is 0. The number of hydrogen-bond acceptors (Lipinski definition) is 3. The third-order valence-corrected chi connectivity index (χ3v) is 4.38. The number of carbonyl (C=O) groups excluding carboxylic acids is 1. The van der Waals surface area contributed by atoms with E-state index in [4.69, 9.17) is 4.74 Å². The molecule has 0 aromatic heterocycles. The number of rotatable bonds is 3. The maximum atomic E-state index is 14.1. The summed E-state index contributed by atoms with van der Waals surface area (Å²) in [5, 5.41) is 0. The number of carbonyl (C=O) groups is 1. The molecule has 1 saturated heterocycles. The largest absolute Gasteiger partial charge is 0.445 e. The Balaban J connectivity index is 1.64. The summed E-state index contributed by atoms with van der Waals surface area (Å²) in [6.07, 6.45) is -0.353. The van der Waals surface area contributed by atoms with Gasteiger partial charge in [-0.25, -0.2) is 9.18 Å². The van der Waals surface area contributed by atoms with E-state index in [9.17, 15) is 9.18 Å². The SMILES string of the molecule is CN1CCN(C(=O)OCc2ccccc2)CC1c1ccccc1F. The van der Waals surface area contributed by atoms with Gasteiger partial charge >= 0.3 is 6.09 Å². The Labute approximate surface area is 141 Å². The number of piperazine rings is 1. The molecule has 1 atom stereocenters. The molecular formula is C19H21FN2O2. The Morgan fingerprint density at radius 1 is 1.12 bits per heavy atom. The fraction of sp³-hybridized carbons (Fsp3) is 0.316. The van der Waals surface area contributed by atoms with Crippen molar-refractivity contribution in [2.24, 2.45) is 0 Å². The molecule has 1 heterocycles. The summed E-state index contributed by atoms with van der Waals surface area (Å²) < 4.78 is 19.5. The lowest BCUT2D eigenvalue weighted by molar-refractivity contribution is 0.0555. The normalized spacial score (nSPS) is 18.4. The molecule has 1 fully saturated rings. The lowest BCUT2D eigenvalue weighted by Crippen LogP contribution is -2.49. The van der Waals surface area contributed by atoms with E-state index in [1.165, 1.54) is 6.07 Å². The highest BCUT2D eigenvalue weighted by Gasteiger charge is 2.30. The van der Waals surface area contributed by atoms with E-state index < -0.39 is 0 Å². The second kappa shape index (κ2) is 7.45. The zero-order chi connectivity index (χ0) is 16.9. The van der Waals surface area contributed by atoms with Crippen molar-refractivity contribution >= 4 is 6.09 Å². The summed E-state index contributed by atoms with van der Waals surface area (Å²) in [6.45, 7) is 1.93. The minimum absolute atomic E-state index is 0.163. The highest BCUT2D eigenvalue weighted by molar-refractivity contribution is 5.68. The Morgan fingerprint density at radius 3 is 2.58 bits per heavy atom. The van der Waals surface area contributed by atoms with Crippen molar-refractivity contribution < 1.29 is 13.9 Å². The van der Waals surface area contributed by atoms with Crippen molar-refractivity contribution in [3.05, 3.63) is 71.5 Å². The Kier molecular flexibility index (Phi) is 5.11. The number of ether oxygens (including phenoxy) is 1. The minimum Gasteiger partial charge on any atom is -0.445 e. The summed E-state index contributed by atoms with van der Waals surface area (Å²) in [4.78, 5) is 16.1. The fourth-order valence-electron chi connectivity index (χ4n) is 2.93. The number of likely N-dealkylation sites (N-methyl/N-ethyl adjacent to an activating group) is 1. The monoisotopic (exact) mass is 328 g/mol.